The van der Waals surface area contributed by atoms with Crippen LogP contribution in [0.1, 0.15) is 0 Å². The van der Waals surface area contributed by atoms with Gasteiger partial charge in [-0.25, -0.2) is 9.67 Å². The standard InChI is InChI=1S/C13H12N4O2/c1-18-9-4-5-10-11(8-9)15-13(16-12(10)19-2)17-7-3-6-14-17/h3-8H,1-2H3. The molecule has 0 bridgehead atoms. The zero-order chi connectivity index (χ0) is 13.2. The van der Waals surface area contributed by atoms with Crippen LogP contribution in [0.15, 0.2) is 36.7 Å². The maximum Gasteiger partial charge on any atom is 0.254 e. The summed E-state index contributed by atoms with van der Waals surface area (Å²) in [7, 11) is 3.20. The quantitative estimate of drug-likeness (QED) is 0.715. The highest BCUT2D eigenvalue weighted by atomic mass is 16.5. The van der Waals surface area contributed by atoms with E-state index >= 15 is 0 Å². The van der Waals surface area contributed by atoms with Gasteiger partial charge >= 0.3 is 0 Å². The topological polar surface area (TPSA) is 62.1 Å². The summed E-state index contributed by atoms with van der Waals surface area (Å²) in [4.78, 5) is 8.81. The lowest BCUT2D eigenvalue weighted by Crippen LogP contribution is -2.04. The van der Waals surface area contributed by atoms with Crippen LogP contribution < -0.4 is 9.47 Å². The lowest BCUT2D eigenvalue weighted by Gasteiger charge is -2.08. The Morgan fingerprint density at radius 1 is 1.11 bits per heavy atom. The van der Waals surface area contributed by atoms with Crippen LogP contribution in [0.3, 0.4) is 0 Å². The van der Waals surface area contributed by atoms with Crippen LogP contribution in [0.25, 0.3) is 16.9 Å². The zero-order valence-corrected chi connectivity index (χ0v) is 10.6. The monoisotopic (exact) mass is 256 g/mol. The van der Waals surface area contributed by atoms with Gasteiger partial charge in [-0.2, -0.15) is 10.1 Å². The summed E-state index contributed by atoms with van der Waals surface area (Å²) in [6, 6.07) is 7.37. The number of aromatic nitrogens is 4. The number of ether oxygens (including phenoxy) is 2. The largest absolute Gasteiger partial charge is 0.497 e. The summed E-state index contributed by atoms with van der Waals surface area (Å²) in [6.45, 7) is 0. The Hall–Kier alpha value is -2.63. The number of hydrogen-bond acceptors (Lipinski definition) is 5. The van der Waals surface area contributed by atoms with E-state index in [9.17, 15) is 0 Å². The van der Waals surface area contributed by atoms with E-state index < -0.39 is 0 Å². The Morgan fingerprint density at radius 3 is 2.68 bits per heavy atom. The molecule has 2 aromatic heterocycles. The summed E-state index contributed by atoms with van der Waals surface area (Å²) in [5.74, 6) is 1.71. The number of methoxy groups -OCH3 is 2. The molecule has 0 atom stereocenters. The first-order valence-corrected chi connectivity index (χ1v) is 5.71. The Labute approximate surface area is 109 Å². The highest BCUT2D eigenvalue weighted by molar-refractivity contribution is 5.85. The lowest BCUT2D eigenvalue weighted by molar-refractivity contribution is 0.401. The van der Waals surface area contributed by atoms with E-state index in [1.807, 2.05) is 24.3 Å². The minimum absolute atomic E-state index is 0.461. The van der Waals surface area contributed by atoms with E-state index in [2.05, 4.69) is 15.1 Å². The van der Waals surface area contributed by atoms with Gasteiger partial charge < -0.3 is 9.47 Å². The van der Waals surface area contributed by atoms with Gasteiger partial charge in [0.15, 0.2) is 0 Å². The van der Waals surface area contributed by atoms with Gasteiger partial charge in [0, 0.05) is 18.5 Å². The van der Waals surface area contributed by atoms with Gasteiger partial charge in [-0.15, -0.1) is 0 Å². The van der Waals surface area contributed by atoms with E-state index in [-0.39, 0.29) is 0 Å². The maximum absolute atomic E-state index is 5.31. The van der Waals surface area contributed by atoms with Gasteiger partial charge in [0.05, 0.1) is 25.1 Å². The summed E-state index contributed by atoms with van der Waals surface area (Å²) in [5, 5.41) is 4.95. The molecule has 6 heteroatoms. The zero-order valence-electron chi connectivity index (χ0n) is 10.6. The van der Waals surface area contributed by atoms with Crippen molar-refractivity contribution in [3.63, 3.8) is 0 Å². The molecular formula is C13H12N4O2. The molecule has 6 nitrogen and oxygen atoms in total. The van der Waals surface area contributed by atoms with Crippen LogP contribution in [0, 0.1) is 0 Å². The molecular weight excluding hydrogens is 244 g/mol. The number of nitrogens with zero attached hydrogens (tertiary/aromatic N) is 4. The van der Waals surface area contributed by atoms with Crippen molar-refractivity contribution in [3.05, 3.63) is 36.7 Å². The third kappa shape index (κ3) is 1.97. The molecule has 2 heterocycles. The first kappa shape index (κ1) is 11.5. The van der Waals surface area contributed by atoms with Crippen molar-refractivity contribution in [2.75, 3.05) is 14.2 Å². The Kier molecular flexibility index (Phi) is 2.75. The van der Waals surface area contributed by atoms with Gasteiger partial charge in [-0.3, -0.25) is 0 Å². The molecule has 0 aliphatic heterocycles. The van der Waals surface area contributed by atoms with Crippen LogP contribution >= 0.6 is 0 Å². The molecule has 3 rings (SSSR count). The highest BCUT2D eigenvalue weighted by Gasteiger charge is 2.10. The van der Waals surface area contributed by atoms with Crippen molar-refractivity contribution in [1.29, 1.82) is 0 Å². The Balaban J connectivity index is 2.25. The fraction of sp³-hybridized carbons (Fsp3) is 0.154. The van der Waals surface area contributed by atoms with Crippen molar-refractivity contribution >= 4 is 10.9 Å². The molecule has 1 aromatic carbocycles. The molecule has 0 saturated carbocycles. The van der Waals surface area contributed by atoms with Crippen molar-refractivity contribution in [3.8, 4) is 17.6 Å². The van der Waals surface area contributed by atoms with Gasteiger partial charge in [0.25, 0.3) is 5.95 Å². The van der Waals surface area contributed by atoms with Crippen molar-refractivity contribution in [2.24, 2.45) is 0 Å². The molecule has 19 heavy (non-hydrogen) atoms. The van der Waals surface area contributed by atoms with Gasteiger partial charge in [-0.1, -0.05) is 0 Å². The average molecular weight is 256 g/mol. The SMILES string of the molecule is COc1ccc2c(OC)nc(-n3cccn3)nc2c1. The molecule has 0 aliphatic carbocycles. The van der Waals surface area contributed by atoms with Crippen molar-refractivity contribution in [1.82, 2.24) is 19.7 Å². The molecule has 0 saturated heterocycles. The highest BCUT2D eigenvalue weighted by Crippen LogP contribution is 2.26. The maximum atomic E-state index is 5.31. The summed E-state index contributed by atoms with van der Waals surface area (Å²) < 4.78 is 12.1. The van der Waals surface area contributed by atoms with Crippen molar-refractivity contribution < 1.29 is 9.47 Å². The first-order chi connectivity index (χ1) is 9.31. The molecule has 0 radical (unpaired) electrons. The number of hydrogen-bond donors (Lipinski definition) is 0. The predicted molar refractivity (Wildman–Crippen MR) is 69.8 cm³/mol. The lowest BCUT2D eigenvalue weighted by atomic mass is 10.2. The second-order valence-corrected chi connectivity index (χ2v) is 3.87. The first-order valence-electron chi connectivity index (χ1n) is 5.71. The number of fused-ring (bicyclic) bond motifs is 1. The second-order valence-electron chi connectivity index (χ2n) is 3.87. The van der Waals surface area contributed by atoms with E-state index in [4.69, 9.17) is 9.47 Å². The minimum atomic E-state index is 0.461. The van der Waals surface area contributed by atoms with Crippen LogP contribution in [0.4, 0.5) is 0 Å². The Morgan fingerprint density at radius 2 is 2.00 bits per heavy atom. The summed E-state index contributed by atoms with van der Waals surface area (Å²) in [5.41, 5.74) is 0.747. The summed E-state index contributed by atoms with van der Waals surface area (Å²) >= 11 is 0. The third-order valence-corrected chi connectivity index (χ3v) is 2.76. The van der Waals surface area contributed by atoms with Gasteiger partial charge in [-0.05, 0) is 18.2 Å². The fourth-order valence-electron chi connectivity index (χ4n) is 1.84. The average Bonchev–Trinajstić information content (AvgIpc) is 2.99. The normalized spacial score (nSPS) is 10.6. The number of benzene rings is 1. The Bertz CT molecular complexity index is 710. The van der Waals surface area contributed by atoms with Crippen LogP contribution in [-0.4, -0.2) is 34.0 Å². The smallest absolute Gasteiger partial charge is 0.254 e. The molecule has 0 spiro atoms. The van der Waals surface area contributed by atoms with Crippen LogP contribution in [0.5, 0.6) is 11.6 Å². The molecule has 0 aliphatic rings. The van der Waals surface area contributed by atoms with Gasteiger partial charge in [0.1, 0.15) is 5.75 Å². The van der Waals surface area contributed by atoms with E-state index in [1.54, 1.807) is 31.3 Å². The molecule has 0 fully saturated rings. The fourth-order valence-corrected chi connectivity index (χ4v) is 1.84. The molecule has 0 unspecified atom stereocenters. The van der Waals surface area contributed by atoms with Crippen LogP contribution in [-0.2, 0) is 0 Å². The van der Waals surface area contributed by atoms with E-state index in [0.717, 1.165) is 16.7 Å². The van der Waals surface area contributed by atoms with Crippen LogP contribution in [0.2, 0.25) is 0 Å². The molecule has 0 amide bonds. The predicted octanol–water partition coefficient (Wildman–Crippen LogP) is 1.83. The number of rotatable bonds is 3. The molecule has 96 valence electrons. The second kappa shape index (κ2) is 4.56. The molecule has 0 N–H and O–H groups in total. The summed E-state index contributed by atoms with van der Waals surface area (Å²) in [6.07, 6.45) is 3.45. The van der Waals surface area contributed by atoms with Gasteiger partial charge in [0.2, 0.25) is 5.88 Å². The minimum Gasteiger partial charge on any atom is -0.497 e. The van der Waals surface area contributed by atoms with E-state index in [1.165, 1.54) is 0 Å². The van der Waals surface area contributed by atoms with Crippen molar-refractivity contribution in [2.45, 2.75) is 0 Å². The third-order valence-electron chi connectivity index (χ3n) is 2.76. The van der Waals surface area contributed by atoms with E-state index in [0.29, 0.717) is 11.8 Å². The molecule has 3 aromatic rings.